The number of rotatable bonds is 4. The molecule has 2 rings (SSSR count). The largest absolute Gasteiger partial charge is 0.320 e. The van der Waals surface area contributed by atoms with E-state index < -0.39 is 6.04 Å². The Morgan fingerprint density at radius 2 is 2.25 bits per heavy atom. The third-order valence-electron chi connectivity index (χ3n) is 3.87. The van der Waals surface area contributed by atoms with Crippen LogP contribution in [0, 0.1) is 11.8 Å². The lowest BCUT2D eigenvalue weighted by Gasteiger charge is -2.18. The van der Waals surface area contributed by atoms with Gasteiger partial charge in [0.15, 0.2) is 5.13 Å². The maximum absolute atomic E-state index is 11.9. The van der Waals surface area contributed by atoms with Gasteiger partial charge in [0.05, 0.1) is 11.7 Å². The van der Waals surface area contributed by atoms with E-state index in [4.69, 9.17) is 5.73 Å². The van der Waals surface area contributed by atoms with Crippen LogP contribution in [0.1, 0.15) is 44.2 Å². The molecule has 0 bridgehead atoms. The SMILES string of the molecule is CCC1CCc2nc(NC(=O)[C@@H](N)C(C)C)sc2C1.Cl. The highest BCUT2D eigenvalue weighted by Gasteiger charge is 2.23. The van der Waals surface area contributed by atoms with E-state index in [1.54, 1.807) is 11.3 Å². The smallest absolute Gasteiger partial charge is 0.243 e. The number of aryl methyl sites for hydroxylation is 1. The summed E-state index contributed by atoms with van der Waals surface area (Å²) in [7, 11) is 0. The molecule has 6 heteroatoms. The first-order valence-electron chi connectivity index (χ1n) is 7.06. The molecule has 2 atom stereocenters. The number of halogens is 1. The second-order valence-corrected chi connectivity index (χ2v) is 6.75. The zero-order valence-electron chi connectivity index (χ0n) is 12.3. The van der Waals surface area contributed by atoms with Gasteiger partial charge in [0.25, 0.3) is 0 Å². The Kier molecular flexibility index (Phi) is 6.43. The number of nitrogens with zero attached hydrogens (tertiary/aromatic N) is 1. The predicted octanol–water partition coefficient (Wildman–Crippen LogP) is 3.00. The van der Waals surface area contributed by atoms with Gasteiger partial charge in [-0.2, -0.15) is 0 Å². The number of hydrogen-bond donors (Lipinski definition) is 2. The summed E-state index contributed by atoms with van der Waals surface area (Å²) in [5.74, 6) is 0.779. The number of thiazole rings is 1. The lowest BCUT2D eigenvalue weighted by molar-refractivity contribution is -0.118. The lowest BCUT2D eigenvalue weighted by Crippen LogP contribution is -2.39. The fourth-order valence-corrected chi connectivity index (χ4v) is 3.46. The summed E-state index contributed by atoms with van der Waals surface area (Å²) in [5.41, 5.74) is 7.01. The van der Waals surface area contributed by atoms with Crippen molar-refractivity contribution in [3.05, 3.63) is 10.6 Å². The van der Waals surface area contributed by atoms with E-state index in [1.165, 1.54) is 23.4 Å². The summed E-state index contributed by atoms with van der Waals surface area (Å²) >= 11 is 1.61. The molecule has 1 unspecified atom stereocenters. The average Bonchev–Trinajstić information content (AvgIpc) is 2.78. The van der Waals surface area contributed by atoms with Gasteiger partial charge in [-0.1, -0.05) is 27.2 Å². The van der Waals surface area contributed by atoms with Crippen LogP contribution in [-0.4, -0.2) is 16.9 Å². The number of carbonyl (C=O) groups is 1. The minimum Gasteiger partial charge on any atom is -0.320 e. The van der Waals surface area contributed by atoms with Crippen molar-refractivity contribution in [3.8, 4) is 0 Å². The molecule has 1 aliphatic rings. The molecule has 1 aliphatic carbocycles. The maximum Gasteiger partial charge on any atom is 0.243 e. The molecular weight excluding hydrogens is 294 g/mol. The Labute approximate surface area is 131 Å². The van der Waals surface area contributed by atoms with Crippen LogP contribution in [-0.2, 0) is 17.6 Å². The van der Waals surface area contributed by atoms with Gasteiger partial charge in [0.2, 0.25) is 5.91 Å². The number of aromatic nitrogens is 1. The van der Waals surface area contributed by atoms with Crippen molar-refractivity contribution in [2.75, 3.05) is 5.32 Å². The van der Waals surface area contributed by atoms with Crippen LogP contribution in [0.5, 0.6) is 0 Å². The number of nitrogens with two attached hydrogens (primary N) is 1. The van der Waals surface area contributed by atoms with E-state index in [0.717, 1.165) is 18.8 Å². The molecule has 4 nitrogen and oxygen atoms in total. The number of fused-ring (bicyclic) bond motifs is 1. The van der Waals surface area contributed by atoms with Crippen molar-refractivity contribution in [1.82, 2.24) is 4.98 Å². The number of anilines is 1. The normalized spacial score (nSPS) is 19.1. The van der Waals surface area contributed by atoms with Crippen LogP contribution in [0.3, 0.4) is 0 Å². The molecule has 1 aromatic rings. The molecule has 3 N–H and O–H groups in total. The van der Waals surface area contributed by atoms with Crippen LogP contribution in [0.2, 0.25) is 0 Å². The first kappa shape index (κ1) is 17.4. The molecule has 1 heterocycles. The third-order valence-corrected chi connectivity index (χ3v) is 4.91. The number of hydrogen-bond acceptors (Lipinski definition) is 4. The molecule has 0 aromatic carbocycles. The topological polar surface area (TPSA) is 68.0 Å². The number of amides is 1. The summed E-state index contributed by atoms with van der Waals surface area (Å²) in [5, 5.41) is 3.57. The minimum atomic E-state index is -0.468. The van der Waals surface area contributed by atoms with Crippen molar-refractivity contribution >= 4 is 34.8 Å². The van der Waals surface area contributed by atoms with Crippen LogP contribution >= 0.6 is 23.7 Å². The van der Waals surface area contributed by atoms with Gasteiger partial charge in [0.1, 0.15) is 0 Å². The van der Waals surface area contributed by atoms with Gasteiger partial charge in [-0.05, 0) is 31.1 Å². The molecule has 0 saturated heterocycles. The van der Waals surface area contributed by atoms with E-state index in [-0.39, 0.29) is 24.2 Å². The Hall–Kier alpha value is -0.650. The highest BCUT2D eigenvalue weighted by molar-refractivity contribution is 7.15. The molecule has 0 fully saturated rings. The van der Waals surface area contributed by atoms with Gasteiger partial charge in [0, 0.05) is 4.88 Å². The summed E-state index contributed by atoms with van der Waals surface area (Å²) in [6.45, 7) is 6.13. The quantitative estimate of drug-likeness (QED) is 0.897. The van der Waals surface area contributed by atoms with Crippen molar-refractivity contribution in [2.24, 2.45) is 17.6 Å². The maximum atomic E-state index is 11.9. The van der Waals surface area contributed by atoms with Crippen LogP contribution in [0.4, 0.5) is 5.13 Å². The fourth-order valence-electron chi connectivity index (χ4n) is 2.34. The molecule has 0 aliphatic heterocycles. The number of nitrogens with one attached hydrogen (secondary N) is 1. The molecule has 114 valence electrons. The van der Waals surface area contributed by atoms with Crippen molar-refractivity contribution in [1.29, 1.82) is 0 Å². The summed E-state index contributed by atoms with van der Waals surface area (Å²) in [6, 6.07) is -0.468. The summed E-state index contributed by atoms with van der Waals surface area (Å²) in [4.78, 5) is 17.8. The summed E-state index contributed by atoms with van der Waals surface area (Å²) < 4.78 is 0. The van der Waals surface area contributed by atoms with Gasteiger partial charge in [-0.25, -0.2) is 4.98 Å². The second kappa shape index (κ2) is 7.38. The second-order valence-electron chi connectivity index (χ2n) is 5.67. The lowest BCUT2D eigenvalue weighted by atomic mass is 9.89. The predicted molar refractivity (Wildman–Crippen MR) is 86.6 cm³/mol. The fraction of sp³-hybridized carbons (Fsp3) is 0.714. The van der Waals surface area contributed by atoms with Gasteiger partial charge >= 0.3 is 0 Å². The number of carbonyl (C=O) groups excluding carboxylic acids is 1. The Bertz CT molecular complexity index is 461. The van der Waals surface area contributed by atoms with E-state index in [9.17, 15) is 4.79 Å². The van der Waals surface area contributed by atoms with Crippen molar-refractivity contribution in [2.45, 2.75) is 52.5 Å². The highest BCUT2D eigenvalue weighted by Crippen LogP contribution is 2.33. The van der Waals surface area contributed by atoms with Gasteiger partial charge in [-0.15, -0.1) is 23.7 Å². The Morgan fingerprint density at radius 1 is 1.55 bits per heavy atom. The van der Waals surface area contributed by atoms with Gasteiger partial charge < -0.3 is 11.1 Å². The highest BCUT2D eigenvalue weighted by atomic mass is 35.5. The summed E-state index contributed by atoms with van der Waals surface area (Å²) in [6.07, 6.45) is 4.58. The van der Waals surface area contributed by atoms with Crippen LogP contribution in [0.25, 0.3) is 0 Å². The average molecular weight is 318 g/mol. The van der Waals surface area contributed by atoms with E-state index in [1.807, 2.05) is 13.8 Å². The Balaban J connectivity index is 0.00000200. The molecule has 0 spiro atoms. The van der Waals surface area contributed by atoms with Crippen molar-refractivity contribution < 1.29 is 4.79 Å². The molecule has 0 radical (unpaired) electrons. The monoisotopic (exact) mass is 317 g/mol. The molecular formula is C14H24ClN3OS. The van der Waals surface area contributed by atoms with Crippen LogP contribution < -0.4 is 11.1 Å². The van der Waals surface area contributed by atoms with E-state index in [2.05, 4.69) is 17.2 Å². The van der Waals surface area contributed by atoms with E-state index >= 15 is 0 Å². The molecule has 20 heavy (non-hydrogen) atoms. The minimum absolute atomic E-state index is 0. The zero-order chi connectivity index (χ0) is 14.0. The zero-order valence-corrected chi connectivity index (χ0v) is 13.9. The molecule has 0 saturated carbocycles. The van der Waals surface area contributed by atoms with Gasteiger partial charge in [-0.3, -0.25) is 4.79 Å². The first-order valence-corrected chi connectivity index (χ1v) is 7.88. The van der Waals surface area contributed by atoms with Crippen LogP contribution in [0.15, 0.2) is 0 Å². The Morgan fingerprint density at radius 3 is 2.85 bits per heavy atom. The third kappa shape index (κ3) is 3.93. The molecule has 1 aromatic heterocycles. The van der Waals surface area contributed by atoms with E-state index in [0.29, 0.717) is 5.13 Å². The standard InChI is InChI=1S/C14H23N3OS.ClH/c1-4-9-5-6-10-11(7-9)19-14(16-10)17-13(18)12(15)8(2)3;/h8-9,12H,4-7,15H2,1-3H3,(H,16,17,18);1H/t9?,12-;/m0./s1. The molecule has 1 amide bonds. The van der Waals surface area contributed by atoms with Crippen molar-refractivity contribution in [3.63, 3.8) is 0 Å². The first-order chi connectivity index (χ1) is 9.01.